The van der Waals surface area contributed by atoms with Crippen molar-refractivity contribution in [2.45, 2.75) is 13.0 Å². The predicted molar refractivity (Wildman–Crippen MR) is 72.5 cm³/mol. The Bertz CT molecular complexity index is 657. The number of hydrogen-bond acceptors (Lipinski definition) is 3. The number of nitrogens with one attached hydrogen (secondary N) is 3. The van der Waals surface area contributed by atoms with E-state index in [2.05, 4.69) is 20.6 Å². The number of carbonyl (C=O) groups excluding carboxylic acids is 1. The largest absolute Gasteiger partial charge is 0.478 e. The van der Waals surface area contributed by atoms with Crippen molar-refractivity contribution in [3.8, 4) is 0 Å². The molecule has 0 radical (unpaired) electrons. The molecule has 1 aromatic heterocycles. The predicted octanol–water partition coefficient (Wildman–Crippen LogP) is 2.13. The first-order valence-corrected chi connectivity index (χ1v) is 6.07. The lowest BCUT2D eigenvalue weighted by molar-refractivity contribution is 0.0692. The van der Waals surface area contributed by atoms with E-state index >= 15 is 0 Å². The first-order chi connectivity index (χ1) is 9.97. The molecule has 110 valence electrons. The summed E-state index contributed by atoms with van der Waals surface area (Å²) in [7, 11) is 0. The Balaban J connectivity index is 2.03. The molecular weight excluding hydrogens is 279 g/mol. The van der Waals surface area contributed by atoms with E-state index in [1.807, 2.05) is 0 Å². The highest BCUT2D eigenvalue weighted by molar-refractivity contribution is 5.93. The van der Waals surface area contributed by atoms with Crippen LogP contribution in [0.2, 0.25) is 0 Å². The number of rotatable bonds is 4. The zero-order chi connectivity index (χ0) is 15.4. The molecule has 2 aromatic rings. The minimum atomic E-state index is -1.40. The van der Waals surface area contributed by atoms with Crippen LogP contribution in [0.3, 0.4) is 0 Å². The van der Waals surface area contributed by atoms with Crippen molar-refractivity contribution >= 4 is 17.7 Å². The van der Waals surface area contributed by atoms with Crippen LogP contribution in [-0.4, -0.2) is 27.1 Å². The topological polar surface area (TPSA) is 107 Å². The summed E-state index contributed by atoms with van der Waals surface area (Å²) < 4.78 is 13.2. The van der Waals surface area contributed by atoms with E-state index in [0.717, 1.165) is 12.1 Å². The minimum absolute atomic E-state index is 0.179. The van der Waals surface area contributed by atoms with Crippen LogP contribution in [-0.2, 0) is 0 Å². The van der Waals surface area contributed by atoms with Crippen LogP contribution in [0.25, 0.3) is 0 Å². The summed E-state index contributed by atoms with van der Waals surface area (Å²) in [6.07, 6.45) is 3.19. The molecule has 1 heterocycles. The van der Waals surface area contributed by atoms with E-state index in [1.165, 1.54) is 6.07 Å². The van der Waals surface area contributed by atoms with Crippen molar-refractivity contribution in [1.82, 2.24) is 15.3 Å². The highest BCUT2D eigenvalue weighted by atomic mass is 19.1. The van der Waals surface area contributed by atoms with E-state index in [4.69, 9.17) is 5.11 Å². The number of aromatic carboxylic acids is 1. The molecule has 0 bridgehead atoms. The lowest BCUT2D eigenvalue weighted by Gasteiger charge is -2.13. The number of imidazole rings is 1. The number of carboxylic acids is 1. The van der Waals surface area contributed by atoms with E-state index in [1.54, 1.807) is 19.3 Å². The Labute approximate surface area is 119 Å². The smallest absolute Gasteiger partial charge is 0.338 e. The van der Waals surface area contributed by atoms with Crippen molar-refractivity contribution in [3.63, 3.8) is 0 Å². The molecule has 2 amide bonds. The van der Waals surface area contributed by atoms with Gasteiger partial charge in [-0.25, -0.2) is 19.0 Å². The fraction of sp³-hybridized carbons (Fsp3) is 0.154. The lowest BCUT2D eigenvalue weighted by atomic mass is 10.2. The second kappa shape index (κ2) is 6.04. The van der Waals surface area contributed by atoms with Gasteiger partial charge in [-0.1, -0.05) is 0 Å². The second-order valence-corrected chi connectivity index (χ2v) is 4.29. The molecule has 0 aliphatic rings. The summed E-state index contributed by atoms with van der Waals surface area (Å²) >= 11 is 0. The molecule has 1 atom stereocenters. The van der Waals surface area contributed by atoms with E-state index in [9.17, 15) is 14.0 Å². The van der Waals surface area contributed by atoms with Crippen LogP contribution in [0.15, 0.2) is 30.6 Å². The van der Waals surface area contributed by atoms with Gasteiger partial charge in [0, 0.05) is 18.1 Å². The molecule has 0 saturated heterocycles. The van der Waals surface area contributed by atoms with Crippen LogP contribution in [0.1, 0.15) is 29.1 Å². The van der Waals surface area contributed by atoms with Crippen LogP contribution in [0, 0.1) is 5.82 Å². The highest BCUT2D eigenvalue weighted by Gasteiger charge is 2.14. The number of aromatic amines is 1. The average molecular weight is 292 g/mol. The molecule has 21 heavy (non-hydrogen) atoms. The molecule has 0 spiro atoms. The van der Waals surface area contributed by atoms with E-state index in [0.29, 0.717) is 5.82 Å². The third kappa shape index (κ3) is 3.56. The Morgan fingerprint density at radius 3 is 2.81 bits per heavy atom. The van der Waals surface area contributed by atoms with E-state index < -0.39 is 23.4 Å². The summed E-state index contributed by atoms with van der Waals surface area (Å²) in [6, 6.07) is 2.39. The van der Waals surface area contributed by atoms with Gasteiger partial charge < -0.3 is 20.7 Å². The van der Waals surface area contributed by atoms with Crippen molar-refractivity contribution in [2.24, 2.45) is 0 Å². The number of amides is 2. The zero-order valence-electron chi connectivity index (χ0n) is 11.1. The molecule has 2 rings (SSSR count). The first kappa shape index (κ1) is 14.5. The molecule has 0 fully saturated rings. The van der Waals surface area contributed by atoms with Gasteiger partial charge in [0.1, 0.15) is 11.6 Å². The molecular formula is C13H13FN4O3. The molecule has 0 saturated carbocycles. The van der Waals surface area contributed by atoms with Crippen LogP contribution >= 0.6 is 0 Å². The molecule has 4 N–H and O–H groups in total. The third-order valence-corrected chi connectivity index (χ3v) is 2.73. The highest BCUT2D eigenvalue weighted by Crippen LogP contribution is 2.15. The van der Waals surface area contributed by atoms with Crippen LogP contribution in [0.5, 0.6) is 0 Å². The number of anilines is 1. The van der Waals surface area contributed by atoms with Gasteiger partial charge in [0.25, 0.3) is 0 Å². The molecule has 0 aliphatic carbocycles. The SMILES string of the molecule is CC(NC(=O)Nc1ccc(F)c(C(=O)O)c1)c1ncc[nH]1. The number of aromatic nitrogens is 2. The van der Waals surface area contributed by atoms with Gasteiger partial charge in [-0.05, 0) is 25.1 Å². The van der Waals surface area contributed by atoms with Gasteiger partial charge in [-0.15, -0.1) is 0 Å². The van der Waals surface area contributed by atoms with Crippen LogP contribution in [0.4, 0.5) is 14.9 Å². The number of carbonyl (C=O) groups is 2. The summed E-state index contributed by atoms with van der Waals surface area (Å²) in [5, 5.41) is 13.9. The normalized spacial score (nSPS) is 11.7. The fourth-order valence-corrected chi connectivity index (χ4v) is 1.71. The number of H-pyrrole nitrogens is 1. The summed E-state index contributed by atoms with van der Waals surface area (Å²) in [4.78, 5) is 29.4. The standard InChI is InChI=1S/C13H13FN4O3/c1-7(11-15-4-5-16-11)17-13(21)18-8-2-3-10(14)9(6-8)12(19)20/h2-7H,1H3,(H,15,16)(H,19,20)(H2,17,18,21). The maximum absolute atomic E-state index is 13.2. The Hall–Kier alpha value is -2.90. The van der Waals surface area contributed by atoms with Gasteiger partial charge in [0.2, 0.25) is 0 Å². The van der Waals surface area contributed by atoms with Crippen LogP contribution < -0.4 is 10.6 Å². The van der Waals surface area contributed by atoms with Gasteiger partial charge in [0.15, 0.2) is 0 Å². The Morgan fingerprint density at radius 1 is 1.43 bits per heavy atom. The maximum atomic E-state index is 13.2. The average Bonchev–Trinajstić information content (AvgIpc) is 2.94. The van der Waals surface area contributed by atoms with Gasteiger partial charge in [-0.3, -0.25) is 0 Å². The number of benzene rings is 1. The van der Waals surface area contributed by atoms with Crippen molar-refractivity contribution in [1.29, 1.82) is 0 Å². The van der Waals surface area contributed by atoms with Crippen molar-refractivity contribution in [3.05, 3.63) is 47.8 Å². The zero-order valence-corrected chi connectivity index (χ0v) is 11.1. The van der Waals surface area contributed by atoms with Gasteiger partial charge >= 0.3 is 12.0 Å². The van der Waals surface area contributed by atoms with Crippen molar-refractivity contribution in [2.75, 3.05) is 5.32 Å². The first-order valence-electron chi connectivity index (χ1n) is 6.07. The van der Waals surface area contributed by atoms with Crippen molar-refractivity contribution < 1.29 is 19.1 Å². The Kier molecular flexibility index (Phi) is 4.17. The summed E-state index contributed by atoms with van der Waals surface area (Å²) in [5.74, 6) is -1.69. The fourth-order valence-electron chi connectivity index (χ4n) is 1.71. The molecule has 0 aliphatic heterocycles. The second-order valence-electron chi connectivity index (χ2n) is 4.29. The van der Waals surface area contributed by atoms with E-state index in [-0.39, 0.29) is 11.7 Å². The maximum Gasteiger partial charge on any atom is 0.338 e. The monoisotopic (exact) mass is 292 g/mol. The third-order valence-electron chi connectivity index (χ3n) is 2.73. The lowest BCUT2D eigenvalue weighted by Crippen LogP contribution is -2.31. The Morgan fingerprint density at radius 2 is 2.19 bits per heavy atom. The number of carboxylic acid groups (broad SMARTS) is 1. The molecule has 7 nitrogen and oxygen atoms in total. The quantitative estimate of drug-likeness (QED) is 0.692. The summed E-state index contributed by atoms with van der Waals surface area (Å²) in [5.41, 5.74) is -0.329. The summed E-state index contributed by atoms with van der Waals surface area (Å²) in [6.45, 7) is 1.73. The number of hydrogen-bond donors (Lipinski definition) is 4. The minimum Gasteiger partial charge on any atom is -0.478 e. The molecule has 1 unspecified atom stereocenters. The van der Waals surface area contributed by atoms with Gasteiger partial charge in [0.05, 0.1) is 11.6 Å². The molecule has 8 heteroatoms. The number of nitrogens with zero attached hydrogens (tertiary/aromatic N) is 1. The number of halogens is 1. The number of urea groups is 1. The van der Waals surface area contributed by atoms with Gasteiger partial charge in [-0.2, -0.15) is 0 Å². The molecule has 1 aromatic carbocycles.